The van der Waals surface area contributed by atoms with Gasteiger partial charge in [0.05, 0.1) is 12.2 Å². The van der Waals surface area contributed by atoms with Gasteiger partial charge in [0.2, 0.25) is 11.7 Å². The van der Waals surface area contributed by atoms with Crippen molar-refractivity contribution in [3.63, 3.8) is 0 Å². The highest BCUT2D eigenvalue weighted by Gasteiger charge is 2.43. The molecule has 1 saturated heterocycles. The lowest BCUT2D eigenvalue weighted by Crippen LogP contribution is -2.45. The molecule has 1 unspecified atom stereocenters. The minimum Gasteiger partial charge on any atom is -0.338 e. The Morgan fingerprint density at radius 3 is 2.93 bits per heavy atom. The molecule has 6 heteroatoms. The van der Waals surface area contributed by atoms with Gasteiger partial charge in [0.15, 0.2) is 0 Å². The highest BCUT2D eigenvalue weighted by molar-refractivity contribution is 5.53. The molecule has 2 aliphatic rings. The molecule has 1 aromatic carbocycles. The number of hydrogen-bond acceptors (Lipinski definition) is 6. The normalized spacial score (nSPS) is 22.3. The molecule has 0 saturated carbocycles. The molecule has 1 spiro atoms. The van der Waals surface area contributed by atoms with Crippen molar-refractivity contribution in [2.45, 2.75) is 44.6 Å². The van der Waals surface area contributed by atoms with Crippen molar-refractivity contribution in [2.24, 2.45) is 0 Å². The van der Waals surface area contributed by atoms with Gasteiger partial charge in [0, 0.05) is 23.7 Å². The van der Waals surface area contributed by atoms with Gasteiger partial charge in [-0.1, -0.05) is 35.5 Å². The maximum absolute atomic E-state index is 5.53. The number of piperidine rings is 1. The van der Waals surface area contributed by atoms with E-state index in [0.717, 1.165) is 37.3 Å². The molecule has 138 valence electrons. The van der Waals surface area contributed by atoms with Crippen LogP contribution in [-0.4, -0.2) is 38.1 Å². The molecule has 1 aliphatic carbocycles. The van der Waals surface area contributed by atoms with E-state index < -0.39 is 0 Å². The van der Waals surface area contributed by atoms with E-state index >= 15 is 0 Å². The fourth-order valence-corrected chi connectivity index (χ4v) is 4.60. The Bertz CT molecular complexity index is 950. The van der Waals surface area contributed by atoms with E-state index in [-0.39, 0.29) is 5.41 Å². The first kappa shape index (κ1) is 16.6. The molecule has 1 aliphatic heterocycles. The molecule has 0 bridgehead atoms. The second kappa shape index (κ2) is 6.53. The van der Waals surface area contributed by atoms with Crippen molar-refractivity contribution >= 4 is 0 Å². The standard InChI is InChI=1S/C21H23N5O/c1-15-22-12-17-8-10-21(19(17)23-15)9-5-11-26(14-21)13-18-24-20(25-27-18)16-6-3-2-4-7-16/h2-4,6-7,12H,5,8-11,13-14H2,1H3. The Balaban J connectivity index is 1.35. The van der Waals surface area contributed by atoms with Gasteiger partial charge in [0.1, 0.15) is 5.82 Å². The molecule has 0 amide bonds. The number of rotatable bonds is 3. The molecular formula is C21H23N5O. The molecule has 1 fully saturated rings. The summed E-state index contributed by atoms with van der Waals surface area (Å²) >= 11 is 0. The van der Waals surface area contributed by atoms with Gasteiger partial charge >= 0.3 is 0 Å². The highest BCUT2D eigenvalue weighted by Crippen LogP contribution is 2.44. The summed E-state index contributed by atoms with van der Waals surface area (Å²) in [5.41, 5.74) is 3.74. The van der Waals surface area contributed by atoms with Crippen molar-refractivity contribution in [3.05, 3.63) is 59.5 Å². The SMILES string of the molecule is Cc1ncc2c(n1)C1(CCCN(Cc3nc(-c4ccccc4)no3)C1)CC2. The smallest absolute Gasteiger partial charge is 0.241 e. The van der Waals surface area contributed by atoms with Crippen LogP contribution >= 0.6 is 0 Å². The first-order valence-electron chi connectivity index (χ1n) is 9.65. The third-order valence-electron chi connectivity index (χ3n) is 5.88. The number of benzene rings is 1. The van der Waals surface area contributed by atoms with Crippen molar-refractivity contribution in [1.82, 2.24) is 25.0 Å². The average molecular weight is 361 g/mol. The molecule has 0 N–H and O–H groups in total. The monoisotopic (exact) mass is 361 g/mol. The summed E-state index contributed by atoms with van der Waals surface area (Å²) in [6, 6.07) is 9.97. The summed E-state index contributed by atoms with van der Waals surface area (Å²) in [7, 11) is 0. The lowest BCUT2D eigenvalue weighted by Gasteiger charge is -2.40. The molecule has 5 rings (SSSR count). The number of nitrogens with zero attached hydrogens (tertiary/aromatic N) is 5. The van der Waals surface area contributed by atoms with Crippen LogP contribution < -0.4 is 0 Å². The Hall–Kier alpha value is -2.60. The lowest BCUT2D eigenvalue weighted by atomic mass is 9.77. The molecule has 27 heavy (non-hydrogen) atoms. The van der Waals surface area contributed by atoms with Gasteiger partial charge < -0.3 is 4.52 Å². The zero-order valence-electron chi connectivity index (χ0n) is 15.6. The maximum atomic E-state index is 5.53. The van der Waals surface area contributed by atoms with E-state index in [1.54, 1.807) is 0 Å². The van der Waals surface area contributed by atoms with E-state index in [4.69, 9.17) is 9.51 Å². The largest absolute Gasteiger partial charge is 0.338 e. The van der Waals surface area contributed by atoms with Gasteiger partial charge in [-0.15, -0.1) is 0 Å². The van der Waals surface area contributed by atoms with Crippen LogP contribution in [0.15, 0.2) is 41.1 Å². The van der Waals surface area contributed by atoms with Gasteiger partial charge in [-0.05, 0) is 44.7 Å². The highest BCUT2D eigenvalue weighted by atomic mass is 16.5. The number of fused-ring (bicyclic) bond motifs is 2. The second-order valence-electron chi connectivity index (χ2n) is 7.76. The fourth-order valence-electron chi connectivity index (χ4n) is 4.60. The average Bonchev–Trinajstić information content (AvgIpc) is 3.29. The van der Waals surface area contributed by atoms with Crippen LogP contribution in [0.3, 0.4) is 0 Å². The van der Waals surface area contributed by atoms with Crippen LogP contribution in [0.2, 0.25) is 0 Å². The fraction of sp³-hybridized carbons (Fsp3) is 0.429. The first-order chi connectivity index (χ1) is 13.2. The Morgan fingerprint density at radius 1 is 1.15 bits per heavy atom. The topological polar surface area (TPSA) is 67.9 Å². The quantitative estimate of drug-likeness (QED) is 0.713. The summed E-state index contributed by atoms with van der Waals surface area (Å²) in [5.74, 6) is 2.21. The van der Waals surface area contributed by atoms with Crippen molar-refractivity contribution in [3.8, 4) is 11.4 Å². The molecule has 0 radical (unpaired) electrons. The van der Waals surface area contributed by atoms with E-state index in [9.17, 15) is 0 Å². The molecular weight excluding hydrogens is 338 g/mol. The van der Waals surface area contributed by atoms with E-state index in [1.807, 2.05) is 43.5 Å². The van der Waals surface area contributed by atoms with E-state index in [2.05, 4.69) is 20.0 Å². The van der Waals surface area contributed by atoms with Gasteiger partial charge in [-0.25, -0.2) is 9.97 Å². The number of hydrogen-bond donors (Lipinski definition) is 0. The Kier molecular flexibility index (Phi) is 4.01. The Morgan fingerprint density at radius 2 is 2.04 bits per heavy atom. The third kappa shape index (κ3) is 3.04. The van der Waals surface area contributed by atoms with Crippen molar-refractivity contribution in [1.29, 1.82) is 0 Å². The molecule has 1 atom stereocenters. The number of likely N-dealkylation sites (tertiary alicyclic amines) is 1. The second-order valence-corrected chi connectivity index (χ2v) is 7.76. The predicted octanol–water partition coefficient (Wildman–Crippen LogP) is 3.32. The zero-order chi connectivity index (χ0) is 18.3. The minimum atomic E-state index is 0.156. The van der Waals surface area contributed by atoms with Crippen LogP contribution in [0.4, 0.5) is 0 Å². The summed E-state index contributed by atoms with van der Waals surface area (Å²) in [6.07, 6.45) is 6.64. The summed E-state index contributed by atoms with van der Waals surface area (Å²) in [4.78, 5) is 16.3. The molecule has 6 nitrogen and oxygen atoms in total. The zero-order valence-corrected chi connectivity index (χ0v) is 15.6. The maximum Gasteiger partial charge on any atom is 0.241 e. The lowest BCUT2D eigenvalue weighted by molar-refractivity contribution is 0.123. The van der Waals surface area contributed by atoms with Crippen LogP contribution in [-0.2, 0) is 18.4 Å². The van der Waals surface area contributed by atoms with Crippen LogP contribution in [0, 0.1) is 6.92 Å². The van der Waals surface area contributed by atoms with E-state index in [0.29, 0.717) is 18.3 Å². The summed E-state index contributed by atoms with van der Waals surface area (Å²) in [5, 5.41) is 4.16. The van der Waals surface area contributed by atoms with Gasteiger partial charge in [-0.2, -0.15) is 4.98 Å². The Labute approximate surface area is 158 Å². The minimum absolute atomic E-state index is 0.156. The number of aromatic nitrogens is 4. The predicted molar refractivity (Wildman–Crippen MR) is 101 cm³/mol. The van der Waals surface area contributed by atoms with Crippen molar-refractivity contribution in [2.75, 3.05) is 13.1 Å². The van der Waals surface area contributed by atoms with Crippen molar-refractivity contribution < 1.29 is 4.52 Å². The van der Waals surface area contributed by atoms with E-state index in [1.165, 1.54) is 24.1 Å². The summed E-state index contributed by atoms with van der Waals surface area (Å²) < 4.78 is 5.53. The number of aryl methyl sites for hydroxylation is 2. The molecule has 2 aromatic heterocycles. The third-order valence-corrected chi connectivity index (χ3v) is 5.88. The van der Waals surface area contributed by atoms with Crippen LogP contribution in [0.1, 0.15) is 42.2 Å². The first-order valence-corrected chi connectivity index (χ1v) is 9.65. The van der Waals surface area contributed by atoms with Crippen LogP contribution in [0.5, 0.6) is 0 Å². The van der Waals surface area contributed by atoms with Gasteiger partial charge in [-0.3, -0.25) is 4.90 Å². The van der Waals surface area contributed by atoms with Gasteiger partial charge in [0.25, 0.3) is 0 Å². The summed E-state index contributed by atoms with van der Waals surface area (Å²) in [6.45, 7) is 4.74. The van der Waals surface area contributed by atoms with Crippen LogP contribution in [0.25, 0.3) is 11.4 Å². The molecule has 3 aromatic rings. The molecule has 3 heterocycles.